The number of halogens is 4. The number of hydrogen-bond acceptors (Lipinski definition) is 2. The molecule has 2 aromatic rings. The van der Waals surface area contributed by atoms with Crippen LogP contribution in [-0.4, -0.2) is 20.1 Å². The number of aliphatic imine (C=N–C) groups is 1. The molecule has 0 spiro atoms. The maximum atomic E-state index is 13.9. The summed E-state index contributed by atoms with van der Waals surface area (Å²) in [4.78, 5) is 4.09. The van der Waals surface area contributed by atoms with E-state index in [-0.39, 0.29) is 36.4 Å². The highest BCUT2D eigenvalue weighted by Crippen LogP contribution is 2.17. The van der Waals surface area contributed by atoms with Gasteiger partial charge in [0.2, 0.25) is 0 Å². The Balaban J connectivity index is 0.00000364. The third kappa shape index (κ3) is 6.69. The van der Waals surface area contributed by atoms with Gasteiger partial charge in [-0.1, -0.05) is 12.1 Å². The second-order valence-electron chi connectivity index (χ2n) is 5.82. The van der Waals surface area contributed by atoms with Crippen molar-refractivity contribution >= 4 is 29.9 Å². The number of methoxy groups -OCH3 is 1. The molecule has 0 aliphatic rings. The summed E-state index contributed by atoms with van der Waals surface area (Å²) in [7, 11) is 3.09. The van der Waals surface area contributed by atoms with Crippen LogP contribution in [0.2, 0.25) is 0 Å². The molecule has 1 atom stereocenters. The van der Waals surface area contributed by atoms with E-state index in [2.05, 4.69) is 15.6 Å². The van der Waals surface area contributed by atoms with Crippen molar-refractivity contribution < 1.29 is 17.9 Å². The average Bonchev–Trinajstić information content (AvgIpc) is 2.61. The van der Waals surface area contributed by atoms with E-state index in [0.717, 1.165) is 11.6 Å². The number of nitrogens with one attached hydrogen (secondary N) is 2. The van der Waals surface area contributed by atoms with Crippen molar-refractivity contribution in [3.63, 3.8) is 0 Å². The van der Waals surface area contributed by atoms with E-state index in [4.69, 9.17) is 4.74 Å². The monoisotopic (exact) mass is 493 g/mol. The lowest BCUT2D eigenvalue weighted by Crippen LogP contribution is -2.38. The molecule has 2 N–H and O–H groups in total. The van der Waals surface area contributed by atoms with Gasteiger partial charge in [0.1, 0.15) is 17.5 Å². The van der Waals surface area contributed by atoms with E-state index in [1.807, 2.05) is 0 Å². The molecule has 0 fully saturated rings. The standard InChI is InChI=1S/C19H22F3N3O.HI/c1-12(16-6-5-15(20)9-18(16)22)25-19(23-2)24-10-13-4-7-17(21)14(8-13)11-26-3;/h4-9,12H,10-11H2,1-3H3,(H2,23,24,25);1H. The molecular formula is C19H23F3IN3O. The Kier molecular flexibility index (Phi) is 9.57. The van der Waals surface area contributed by atoms with Crippen LogP contribution >= 0.6 is 24.0 Å². The molecule has 2 aromatic carbocycles. The third-order valence-electron chi connectivity index (χ3n) is 3.88. The summed E-state index contributed by atoms with van der Waals surface area (Å²) < 4.78 is 45.5. The lowest BCUT2D eigenvalue weighted by Gasteiger charge is -2.19. The second-order valence-corrected chi connectivity index (χ2v) is 5.82. The molecule has 1 unspecified atom stereocenters. The second kappa shape index (κ2) is 11.1. The van der Waals surface area contributed by atoms with Gasteiger partial charge in [-0.05, 0) is 30.7 Å². The van der Waals surface area contributed by atoms with Crippen molar-refractivity contribution in [3.8, 4) is 0 Å². The Labute approximate surface area is 174 Å². The zero-order chi connectivity index (χ0) is 19.1. The van der Waals surface area contributed by atoms with Gasteiger partial charge in [0.25, 0.3) is 0 Å². The SMILES string of the molecule is CN=C(NCc1ccc(F)c(COC)c1)NC(C)c1ccc(F)cc1F.I. The average molecular weight is 493 g/mol. The summed E-state index contributed by atoms with van der Waals surface area (Å²) in [6.07, 6.45) is 0. The molecule has 4 nitrogen and oxygen atoms in total. The molecule has 0 bridgehead atoms. The van der Waals surface area contributed by atoms with Crippen molar-refractivity contribution in [1.29, 1.82) is 0 Å². The predicted octanol–water partition coefficient (Wildman–Crippen LogP) is 4.29. The molecule has 148 valence electrons. The van der Waals surface area contributed by atoms with E-state index in [0.29, 0.717) is 23.6 Å². The van der Waals surface area contributed by atoms with Gasteiger partial charge >= 0.3 is 0 Å². The first kappa shape index (κ1) is 23.2. The largest absolute Gasteiger partial charge is 0.380 e. The lowest BCUT2D eigenvalue weighted by atomic mass is 10.1. The Bertz CT molecular complexity index is 787. The van der Waals surface area contributed by atoms with E-state index in [1.54, 1.807) is 26.1 Å². The minimum absolute atomic E-state index is 0. The van der Waals surface area contributed by atoms with Crippen LogP contribution in [0.1, 0.15) is 29.7 Å². The first-order chi connectivity index (χ1) is 12.4. The Hall–Kier alpha value is -1.81. The fraction of sp³-hybridized carbons (Fsp3) is 0.316. The molecule has 0 aliphatic carbocycles. The van der Waals surface area contributed by atoms with Gasteiger partial charge in [-0.25, -0.2) is 13.2 Å². The molecule has 0 radical (unpaired) electrons. The highest BCUT2D eigenvalue weighted by molar-refractivity contribution is 14.0. The summed E-state index contributed by atoms with van der Waals surface area (Å²) in [6, 6.07) is 7.80. The smallest absolute Gasteiger partial charge is 0.191 e. The normalized spacial score (nSPS) is 12.3. The van der Waals surface area contributed by atoms with Crippen LogP contribution < -0.4 is 10.6 Å². The molecule has 0 heterocycles. The van der Waals surface area contributed by atoms with Gasteiger partial charge in [-0.15, -0.1) is 24.0 Å². The summed E-state index contributed by atoms with van der Waals surface area (Å²) in [6.45, 7) is 2.33. The number of benzene rings is 2. The fourth-order valence-corrected chi connectivity index (χ4v) is 2.52. The molecule has 2 rings (SSSR count). The van der Waals surface area contributed by atoms with Gasteiger partial charge in [0.15, 0.2) is 5.96 Å². The first-order valence-corrected chi connectivity index (χ1v) is 8.13. The molecule has 27 heavy (non-hydrogen) atoms. The fourth-order valence-electron chi connectivity index (χ4n) is 2.52. The van der Waals surface area contributed by atoms with Crippen LogP contribution in [0.4, 0.5) is 13.2 Å². The number of nitrogens with zero attached hydrogens (tertiary/aromatic N) is 1. The summed E-state index contributed by atoms with van der Waals surface area (Å²) >= 11 is 0. The van der Waals surface area contributed by atoms with E-state index < -0.39 is 17.7 Å². The topological polar surface area (TPSA) is 45.7 Å². The minimum Gasteiger partial charge on any atom is -0.380 e. The Morgan fingerprint density at radius 3 is 2.48 bits per heavy atom. The van der Waals surface area contributed by atoms with Gasteiger partial charge in [-0.2, -0.15) is 0 Å². The van der Waals surface area contributed by atoms with E-state index in [1.165, 1.54) is 25.3 Å². The molecule has 0 amide bonds. The number of ether oxygens (including phenoxy) is 1. The molecule has 0 saturated carbocycles. The van der Waals surface area contributed by atoms with Crippen LogP contribution in [-0.2, 0) is 17.9 Å². The molecule has 0 aromatic heterocycles. The molecule has 0 aliphatic heterocycles. The number of rotatable bonds is 6. The van der Waals surface area contributed by atoms with Crippen molar-refractivity contribution in [2.45, 2.75) is 26.1 Å². The van der Waals surface area contributed by atoms with Crippen molar-refractivity contribution in [1.82, 2.24) is 10.6 Å². The van der Waals surface area contributed by atoms with Crippen molar-refractivity contribution in [3.05, 3.63) is 70.5 Å². The van der Waals surface area contributed by atoms with Crippen LogP contribution in [0.25, 0.3) is 0 Å². The quantitative estimate of drug-likeness (QED) is 0.359. The van der Waals surface area contributed by atoms with Crippen molar-refractivity contribution in [2.75, 3.05) is 14.2 Å². The summed E-state index contributed by atoms with van der Waals surface area (Å²) in [5.41, 5.74) is 1.65. The highest BCUT2D eigenvalue weighted by Gasteiger charge is 2.13. The van der Waals surface area contributed by atoms with Gasteiger partial charge in [-0.3, -0.25) is 4.99 Å². The van der Waals surface area contributed by atoms with Gasteiger partial charge in [0, 0.05) is 37.9 Å². The van der Waals surface area contributed by atoms with Crippen LogP contribution in [0.5, 0.6) is 0 Å². The first-order valence-electron chi connectivity index (χ1n) is 8.13. The number of hydrogen-bond donors (Lipinski definition) is 2. The molecular weight excluding hydrogens is 470 g/mol. The van der Waals surface area contributed by atoms with Crippen LogP contribution in [0.15, 0.2) is 41.4 Å². The van der Waals surface area contributed by atoms with E-state index >= 15 is 0 Å². The maximum absolute atomic E-state index is 13.9. The predicted molar refractivity (Wildman–Crippen MR) is 111 cm³/mol. The maximum Gasteiger partial charge on any atom is 0.191 e. The van der Waals surface area contributed by atoms with Gasteiger partial charge < -0.3 is 15.4 Å². The zero-order valence-electron chi connectivity index (χ0n) is 15.4. The van der Waals surface area contributed by atoms with E-state index in [9.17, 15) is 13.2 Å². The minimum atomic E-state index is -0.622. The Morgan fingerprint density at radius 1 is 1.11 bits per heavy atom. The third-order valence-corrected chi connectivity index (χ3v) is 3.88. The zero-order valence-corrected chi connectivity index (χ0v) is 17.7. The van der Waals surface area contributed by atoms with Gasteiger partial charge in [0.05, 0.1) is 12.6 Å². The lowest BCUT2D eigenvalue weighted by molar-refractivity contribution is 0.181. The summed E-state index contributed by atoms with van der Waals surface area (Å²) in [5.74, 6) is -1.12. The highest BCUT2D eigenvalue weighted by atomic mass is 127. The molecule has 8 heteroatoms. The number of guanidine groups is 1. The van der Waals surface area contributed by atoms with Crippen molar-refractivity contribution in [2.24, 2.45) is 4.99 Å². The summed E-state index contributed by atoms with van der Waals surface area (Å²) in [5, 5.41) is 6.13. The molecule has 0 saturated heterocycles. The Morgan fingerprint density at radius 2 is 1.85 bits per heavy atom. The van der Waals surface area contributed by atoms with Crippen LogP contribution in [0, 0.1) is 17.5 Å². The van der Waals surface area contributed by atoms with Crippen LogP contribution in [0.3, 0.4) is 0 Å².